The molecule has 0 unspecified atom stereocenters. The number of benzene rings is 3. The zero-order valence-electron chi connectivity index (χ0n) is 19.9. The molecule has 0 saturated carbocycles. The molecule has 3 aromatic carbocycles. The molecule has 2 amide bonds. The van der Waals surface area contributed by atoms with E-state index in [9.17, 15) is 9.59 Å². The van der Waals surface area contributed by atoms with Crippen LogP contribution in [0.2, 0.25) is 5.02 Å². The van der Waals surface area contributed by atoms with Gasteiger partial charge in [-0.2, -0.15) is 0 Å². The highest BCUT2D eigenvalue weighted by molar-refractivity contribution is 9.10. The Morgan fingerprint density at radius 1 is 0.971 bits per heavy atom. The number of thioether (sulfide) groups is 1. The van der Waals surface area contributed by atoms with Crippen molar-refractivity contribution in [2.45, 2.75) is 37.8 Å². The number of hydrogen-bond acceptors (Lipinski definition) is 3. The number of halogens is 2. The molecule has 0 bridgehead atoms. The van der Waals surface area contributed by atoms with Gasteiger partial charge in [0.25, 0.3) is 0 Å². The monoisotopic (exact) mass is 572 g/mol. The molecule has 0 aliphatic carbocycles. The van der Waals surface area contributed by atoms with Gasteiger partial charge in [0.05, 0.1) is 5.75 Å². The molecule has 4 nitrogen and oxygen atoms in total. The van der Waals surface area contributed by atoms with Gasteiger partial charge in [-0.15, -0.1) is 11.8 Å². The standard InChI is InChI=1S/C28H30BrClN2O2S/c1-20(2)17-31-28(34)26(16-21-7-4-3-5-8-21)32(18-22-9-6-10-23(29)15-22)27(33)19-35-25-13-11-24(30)12-14-25/h3-15,20,26H,16-19H2,1-2H3,(H,31,34)/t26-/m0/s1. The van der Waals surface area contributed by atoms with Crippen LogP contribution in [0.3, 0.4) is 0 Å². The summed E-state index contributed by atoms with van der Waals surface area (Å²) in [6, 6.07) is 24.5. The van der Waals surface area contributed by atoms with Gasteiger partial charge in [-0.3, -0.25) is 9.59 Å². The maximum atomic E-state index is 13.6. The van der Waals surface area contributed by atoms with E-state index in [1.54, 1.807) is 4.90 Å². The van der Waals surface area contributed by atoms with Crippen molar-refractivity contribution in [2.75, 3.05) is 12.3 Å². The Morgan fingerprint density at radius 3 is 2.31 bits per heavy atom. The Morgan fingerprint density at radius 2 is 1.66 bits per heavy atom. The lowest BCUT2D eigenvalue weighted by molar-refractivity contribution is -0.139. The second-order valence-corrected chi connectivity index (χ2v) is 11.1. The summed E-state index contributed by atoms with van der Waals surface area (Å²) in [5.41, 5.74) is 1.97. The predicted octanol–water partition coefficient (Wildman–Crippen LogP) is 6.61. The highest BCUT2D eigenvalue weighted by Crippen LogP contribution is 2.23. The summed E-state index contributed by atoms with van der Waals surface area (Å²) in [5.74, 6) is 0.303. The first-order valence-electron chi connectivity index (χ1n) is 11.6. The number of hydrogen-bond donors (Lipinski definition) is 1. The molecule has 0 saturated heterocycles. The summed E-state index contributed by atoms with van der Waals surface area (Å²) in [4.78, 5) is 29.7. The molecule has 1 N–H and O–H groups in total. The molecule has 0 aliphatic heterocycles. The molecule has 0 fully saturated rings. The molecule has 7 heteroatoms. The van der Waals surface area contributed by atoms with Crippen molar-refractivity contribution in [2.24, 2.45) is 5.92 Å². The molecular formula is C28H30BrClN2O2S. The molecule has 35 heavy (non-hydrogen) atoms. The van der Waals surface area contributed by atoms with Crippen molar-refractivity contribution in [3.63, 3.8) is 0 Å². The van der Waals surface area contributed by atoms with Gasteiger partial charge in [-0.1, -0.05) is 83.8 Å². The van der Waals surface area contributed by atoms with E-state index in [4.69, 9.17) is 11.6 Å². The first-order chi connectivity index (χ1) is 16.8. The van der Waals surface area contributed by atoms with E-state index in [1.807, 2.05) is 78.9 Å². The van der Waals surface area contributed by atoms with Crippen molar-refractivity contribution in [3.05, 3.63) is 99.5 Å². The molecule has 0 aliphatic rings. The zero-order chi connectivity index (χ0) is 25.2. The lowest BCUT2D eigenvalue weighted by atomic mass is 10.0. The second-order valence-electron chi connectivity index (χ2n) is 8.74. The fourth-order valence-electron chi connectivity index (χ4n) is 3.57. The minimum absolute atomic E-state index is 0.0921. The second kappa shape index (κ2) is 13.7. The smallest absolute Gasteiger partial charge is 0.243 e. The molecule has 0 heterocycles. The van der Waals surface area contributed by atoms with E-state index in [2.05, 4.69) is 35.1 Å². The molecule has 0 radical (unpaired) electrons. The number of nitrogens with zero attached hydrogens (tertiary/aromatic N) is 1. The maximum absolute atomic E-state index is 13.6. The highest BCUT2D eigenvalue weighted by Gasteiger charge is 2.30. The fourth-order valence-corrected chi connectivity index (χ4v) is 4.92. The summed E-state index contributed by atoms with van der Waals surface area (Å²) in [6.45, 7) is 5.01. The van der Waals surface area contributed by atoms with Gasteiger partial charge in [0.1, 0.15) is 6.04 Å². The average Bonchev–Trinajstić information content (AvgIpc) is 2.85. The van der Waals surface area contributed by atoms with Crippen LogP contribution in [0.25, 0.3) is 0 Å². The van der Waals surface area contributed by atoms with E-state index in [0.29, 0.717) is 30.5 Å². The van der Waals surface area contributed by atoms with Gasteiger partial charge in [0.2, 0.25) is 11.8 Å². The first-order valence-corrected chi connectivity index (χ1v) is 13.7. The van der Waals surface area contributed by atoms with Crippen LogP contribution in [0.4, 0.5) is 0 Å². The van der Waals surface area contributed by atoms with Crippen LogP contribution in [0, 0.1) is 5.92 Å². The van der Waals surface area contributed by atoms with Crippen molar-refractivity contribution in [1.82, 2.24) is 10.2 Å². The quantitative estimate of drug-likeness (QED) is 0.263. The Bertz CT molecular complexity index is 1110. The van der Waals surface area contributed by atoms with Crippen LogP contribution in [-0.4, -0.2) is 35.1 Å². The van der Waals surface area contributed by atoms with Gasteiger partial charge in [-0.05, 0) is 53.4 Å². The van der Waals surface area contributed by atoms with E-state index >= 15 is 0 Å². The number of amides is 2. The topological polar surface area (TPSA) is 49.4 Å². The van der Waals surface area contributed by atoms with Crippen LogP contribution in [0.1, 0.15) is 25.0 Å². The van der Waals surface area contributed by atoms with E-state index in [-0.39, 0.29) is 17.6 Å². The summed E-state index contributed by atoms with van der Waals surface area (Å²) in [5, 5.41) is 3.71. The largest absolute Gasteiger partial charge is 0.354 e. The molecule has 0 spiro atoms. The molecule has 1 atom stereocenters. The number of carbonyl (C=O) groups excluding carboxylic acids is 2. The van der Waals surface area contributed by atoms with Crippen molar-refractivity contribution in [1.29, 1.82) is 0 Å². The summed E-state index contributed by atoms with van der Waals surface area (Å²) < 4.78 is 0.932. The van der Waals surface area contributed by atoms with Gasteiger partial charge in [0, 0.05) is 33.9 Å². The van der Waals surface area contributed by atoms with Crippen LogP contribution in [0.5, 0.6) is 0 Å². The van der Waals surface area contributed by atoms with Crippen LogP contribution in [-0.2, 0) is 22.6 Å². The predicted molar refractivity (Wildman–Crippen MR) is 149 cm³/mol. The summed E-state index contributed by atoms with van der Waals surface area (Å²) in [7, 11) is 0. The number of rotatable bonds is 11. The SMILES string of the molecule is CC(C)CNC(=O)[C@H](Cc1ccccc1)N(Cc1cccc(Br)c1)C(=O)CSc1ccc(Cl)cc1. The van der Waals surface area contributed by atoms with E-state index < -0.39 is 6.04 Å². The Balaban J connectivity index is 1.89. The molecular weight excluding hydrogens is 544 g/mol. The minimum Gasteiger partial charge on any atom is -0.354 e. The molecule has 184 valence electrons. The van der Waals surface area contributed by atoms with Crippen molar-refractivity contribution in [3.8, 4) is 0 Å². The molecule has 0 aromatic heterocycles. The fraction of sp³-hybridized carbons (Fsp3) is 0.286. The average molecular weight is 574 g/mol. The number of carbonyl (C=O) groups is 2. The van der Waals surface area contributed by atoms with Gasteiger partial charge >= 0.3 is 0 Å². The highest BCUT2D eigenvalue weighted by atomic mass is 79.9. The van der Waals surface area contributed by atoms with Crippen molar-refractivity contribution >= 4 is 51.1 Å². The summed E-state index contributed by atoms with van der Waals surface area (Å²) >= 11 is 11.0. The van der Waals surface area contributed by atoms with E-state index in [0.717, 1.165) is 20.5 Å². The van der Waals surface area contributed by atoms with Crippen molar-refractivity contribution < 1.29 is 9.59 Å². The van der Waals surface area contributed by atoms with E-state index in [1.165, 1.54) is 11.8 Å². The number of nitrogens with one attached hydrogen (secondary N) is 1. The minimum atomic E-state index is -0.631. The zero-order valence-corrected chi connectivity index (χ0v) is 23.1. The van der Waals surface area contributed by atoms with Crippen LogP contribution < -0.4 is 5.32 Å². The molecule has 3 aromatic rings. The Labute approximate surface area is 225 Å². The van der Waals surface area contributed by atoms with Gasteiger partial charge < -0.3 is 10.2 Å². The Kier molecular flexibility index (Phi) is 10.7. The van der Waals surface area contributed by atoms with Crippen LogP contribution >= 0.6 is 39.3 Å². The third-order valence-corrected chi connectivity index (χ3v) is 7.12. The first kappa shape index (κ1) is 27.3. The Hall–Kier alpha value is -2.28. The normalized spacial score (nSPS) is 11.8. The lowest BCUT2D eigenvalue weighted by Crippen LogP contribution is -2.51. The molecule has 3 rings (SSSR count). The van der Waals surface area contributed by atoms with Gasteiger partial charge in [-0.25, -0.2) is 0 Å². The van der Waals surface area contributed by atoms with Gasteiger partial charge in [0.15, 0.2) is 0 Å². The third kappa shape index (κ3) is 9.02. The summed E-state index contributed by atoms with van der Waals surface area (Å²) in [6.07, 6.45) is 0.441. The maximum Gasteiger partial charge on any atom is 0.243 e. The lowest BCUT2D eigenvalue weighted by Gasteiger charge is -2.32. The van der Waals surface area contributed by atoms with Crippen LogP contribution in [0.15, 0.2) is 88.2 Å². The third-order valence-electron chi connectivity index (χ3n) is 5.37.